The van der Waals surface area contributed by atoms with E-state index in [1.165, 1.54) is 18.2 Å². The van der Waals surface area contributed by atoms with Crippen LogP contribution in [0.3, 0.4) is 0 Å². The molecule has 0 aliphatic rings. The number of aryl methyl sites for hydroxylation is 1. The Balaban J connectivity index is 2.81. The summed E-state index contributed by atoms with van der Waals surface area (Å²) < 4.78 is 9.96. The highest BCUT2D eigenvalue weighted by Crippen LogP contribution is 2.28. The zero-order chi connectivity index (χ0) is 13.7. The molecule has 0 spiro atoms. The van der Waals surface area contributed by atoms with Crippen molar-refractivity contribution in [2.75, 3.05) is 20.8 Å². The second kappa shape index (κ2) is 6.40. The third-order valence-electron chi connectivity index (χ3n) is 3.15. The third-order valence-corrected chi connectivity index (χ3v) is 3.15. The number of rotatable bonds is 5. The first kappa shape index (κ1) is 14.5. The summed E-state index contributed by atoms with van der Waals surface area (Å²) in [5, 5.41) is 3.07. The Kier molecular flexibility index (Phi) is 5.16. The van der Waals surface area contributed by atoms with Crippen LogP contribution in [0.1, 0.15) is 22.3 Å². The van der Waals surface area contributed by atoms with Crippen molar-refractivity contribution >= 4 is 5.97 Å². The van der Waals surface area contributed by atoms with E-state index in [9.17, 15) is 4.79 Å². The van der Waals surface area contributed by atoms with Crippen molar-refractivity contribution in [1.82, 2.24) is 5.32 Å². The fraction of sp³-hybridized carbons (Fsp3) is 0.500. The minimum Gasteiger partial charge on any atom is -0.496 e. The van der Waals surface area contributed by atoms with Gasteiger partial charge >= 0.3 is 5.97 Å². The fourth-order valence-electron chi connectivity index (χ4n) is 2.01. The molecule has 4 heteroatoms. The van der Waals surface area contributed by atoms with Crippen LogP contribution >= 0.6 is 0 Å². The van der Waals surface area contributed by atoms with Gasteiger partial charge < -0.3 is 14.8 Å². The third kappa shape index (κ3) is 3.23. The molecule has 0 bridgehead atoms. The number of benzene rings is 1. The van der Waals surface area contributed by atoms with Crippen LogP contribution < -0.4 is 10.1 Å². The summed E-state index contributed by atoms with van der Waals surface area (Å²) in [7, 11) is 3.07. The van der Waals surface area contributed by atoms with E-state index < -0.39 is 0 Å². The van der Waals surface area contributed by atoms with E-state index in [-0.39, 0.29) is 12.5 Å². The van der Waals surface area contributed by atoms with Crippen molar-refractivity contribution in [3.05, 3.63) is 28.3 Å². The zero-order valence-corrected chi connectivity index (χ0v) is 11.7. The van der Waals surface area contributed by atoms with Gasteiger partial charge in [-0.05, 0) is 43.0 Å². The smallest absolute Gasteiger partial charge is 0.319 e. The van der Waals surface area contributed by atoms with Crippen molar-refractivity contribution in [2.24, 2.45) is 0 Å². The minimum absolute atomic E-state index is 0.222. The topological polar surface area (TPSA) is 47.6 Å². The lowest BCUT2D eigenvalue weighted by molar-refractivity contribution is -0.139. The molecule has 0 unspecified atom stereocenters. The predicted octanol–water partition coefficient (Wildman–Crippen LogP) is 1.88. The molecule has 0 aliphatic heterocycles. The second-order valence-electron chi connectivity index (χ2n) is 4.32. The maximum atomic E-state index is 11.0. The van der Waals surface area contributed by atoms with Gasteiger partial charge in [-0.3, -0.25) is 4.79 Å². The maximum absolute atomic E-state index is 11.0. The summed E-state index contributed by atoms with van der Waals surface area (Å²) in [5.41, 5.74) is 4.62. The lowest BCUT2D eigenvalue weighted by atomic mass is 9.98. The summed E-state index contributed by atoms with van der Waals surface area (Å²) in [6, 6.07) is 2.09. The molecule has 0 aromatic heterocycles. The second-order valence-corrected chi connectivity index (χ2v) is 4.32. The molecule has 0 aliphatic carbocycles. The molecule has 1 aromatic rings. The number of methoxy groups -OCH3 is 2. The van der Waals surface area contributed by atoms with Crippen LogP contribution in [0.25, 0.3) is 0 Å². The normalized spacial score (nSPS) is 10.3. The summed E-state index contributed by atoms with van der Waals surface area (Å²) in [6.07, 6.45) is 0. The molecule has 0 radical (unpaired) electrons. The number of carbonyl (C=O) groups is 1. The van der Waals surface area contributed by atoms with Crippen LogP contribution in [-0.2, 0) is 16.1 Å². The number of esters is 1. The first-order valence-corrected chi connectivity index (χ1v) is 5.92. The first-order valence-electron chi connectivity index (χ1n) is 5.92. The molecule has 1 N–H and O–H groups in total. The van der Waals surface area contributed by atoms with E-state index in [2.05, 4.69) is 23.0 Å². The molecule has 4 nitrogen and oxygen atoms in total. The number of hydrogen-bond acceptors (Lipinski definition) is 4. The summed E-state index contributed by atoms with van der Waals surface area (Å²) in [4.78, 5) is 11.0. The Labute approximate surface area is 108 Å². The largest absolute Gasteiger partial charge is 0.496 e. The van der Waals surface area contributed by atoms with Gasteiger partial charge in [0.05, 0.1) is 20.8 Å². The van der Waals surface area contributed by atoms with Crippen LogP contribution in [0.5, 0.6) is 5.75 Å². The number of hydrogen-bond donors (Lipinski definition) is 1. The molecule has 0 heterocycles. The molecule has 18 heavy (non-hydrogen) atoms. The monoisotopic (exact) mass is 251 g/mol. The molecule has 100 valence electrons. The Hall–Kier alpha value is -1.55. The predicted molar refractivity (Wildman–Crippen MR) is 70.9 cm³/mol. The van der Waals surface area contributed by atoms with Crippen molar-refractivity contribution in [3.8, 4) is 5.75 Å². The molecular weight excluding hydrogens is 230 g/mol. The molecular formula is C14H21NO3. The number of ether oxygens (including phenoxy) is 2. The Morgan fingerprint density at radius 3 is 2.44 bits per heavy atom. The number of nitrogens with one attached hydrogen (secondary N) is 1. The van der Waals surface area contributed by atoms with Gasteiger partial charge in [-0.2, -0.15) is 0 Å². The summed E-state index contributed by atoms with van der Waals surface area (Å²) in [5.74, 6) is 0.679. The Bertz CT molecular complexity index is 441. The molecule has 0 amide bonds. The highest BCUT2D eigenvalue weighted by Gasteiger charge is 2.10. The molecule has 0 saturated carbocycles. The van der Waals surface area contributed by atoms with E-state index in [0.29, 0.717) is 6.54 Å². The van der Waals surface area contributed by atoms with Gasteiger partial charge in [0.2, 0.25) is 0 Å². The SMILES string of the molecule is COC(=O)CNCc1cc(C)c(OC)c(C)c1C. The van der Waals surface area contributed by atoms with Gasteiger partial charge in [-0.1, -0.05) is 6.07 Å². The molecule has 1 aromatic carbocycles. The minimum atomic E-state index is -0.255. The lowest BCUT2D eigenvalue weighted by Gasteiger charge is -2.15. The van der Waals surface area contributed by atoms with E-state index in [0.717, 1.165) is 16.9 Å². The standard InChI is InChI=1S/C14H21NO3/c1-9-6-12(7-15-8-13(16)17-4)10(2)11(3)14(9)18-5/h6,15H,7-8H2,1-5H3. The van der Waals surface area contributed by atoms with Gasteiger partial charge in [-0.25, -0.2) is 0 Å². The quantitative estimate of drug-likeness (QED) is 0.812. The maximum Gasteiger partial charge on any atom is 0.319 e. The first-order chi connectivity index (χ1) is 8.51. The van der Waals surface area contributed by atoms with Crippen molar-refractivity contribution in [3.63, 3.8) is 0 Å². The van der Waals surface area contributed by atoms with Crippen molar-refractivity contribution in [2.45, 2.75) is 27.3 Å². The van der Waals surface area contributed by atoms with E-state index in [1.807, 2.05) is 13.8 Å². The fourth-order valence-corrected chi connectivity index (χ4v) is 2.01. The van der Waals surface area contributed by atoms with Crippen LogP contribution in [0, 0.1) is 20.8 Å². The lowest BCUT2D eigenvalue weighted by Crippen LogP contribution is -2.24. The van der Waals surface area contributed by atoms with E-state index in [1.54, 1.807) is 7.11 Å². The van der Waals surface area contributed by atoms with Gasteiger partial charge in [0.25, 0.3) is 0 Å². The molecule has 0 saturated heterocycles. The highest BCUT2D eigenvalue weighted by atomic mass is 16.5. The summed E-state index contributed by atoms with van der Waals surface area (Å²) in [6.45, 7) is 7.00. The Morgan fingerprint density at radius 1 is 1.22 bits per heavy atom. The van der Waals surface area contributed by atoms with E-state index >= 15 is 0 Å². The van der Waals surface area contributed by atoms with E-state index in [4.69, 9.17) is 4.74 Å². The van der Waals surface area contributed by atoms with Crippen molar-refractivity contribution < 1.29 is 14.3 Å². The average Bonchev–Trinajstić information content (AvgIpc) is 2.35. The van der Waals surface area contributed by atoms with Crippen LogP contribution in [0.2, 0.25) is 0 Å². The van der Waals surface area contributed by atoms with Gasteiger partial charge in [0.15, 0.2) is 0 Å². The number of carbonyl (C=O) groups excluding carboxylic acids is 1. The highest BCUT2D eigenvalue weighted by molar-refractivity contribution is 5.71. The molecule has 0 atom stereocenters. The zero-order valence-electron chi connectivity index (χ0n) is 11.7. The van der Waals surface area contributed by atoms with Gasteiger partial charge in [-0.15, -0.1) is 0 Å². The van der Waals surface area contributed by atoms with Gasteiger partial charge in [0.1, 0.15) is 5.75 Å². The molecule has 1 rings (SSSR count). The van der Waals surface area contributed by atoms with Crippen LogP contribution in [0.15, 0.2) is 6.07 Å². The Morgan fingerprint density at radius 2 is 1.89 bits per heavy atom. The van der Waals surface area contributed by atoms with Gasteiger partial charge in [0, 0.05) is 6.54 Å². The summed E-state index contributed by atoms with van der Waals surface area (Å²) >= 11 is 0. The van der Waals surface area contributed by atoms with Crippen LogP contribution in [-0.4, -0.2) is 26.7 Å². The van der Waals surface area contributed by atoms with Crippen LogP contribution in [0.4, 0.5) is 0 Å². The molecule has 0 fully saturated rings. The van der Waals surface area contributed by atoms with Crippen molar-refractivity contribution in [1.29, 1.82) is 0 Å². The average molecular weight is 251 g/mol.